The maximum Gasteiger partial charge on any atom is 0.256 e. The number of carbonyl (C=O) groups excluding carboxylic acids is 2. The molecule has 0 atom stereocenters. The Morgan fingerprint density at radius 1 is 1.50 bits per heavy atom. The number of hydrogen-bond acceptors (Lipinski definition) is 4. The molecule has 0 spiro atoms. The fourth-order valence-corrected chi connectivity index (χ4v) is 1.24. The van der Waals surface area contributed by atoms with Crippen LogP contribution >= 0.6 is 0 Å². The molecular formula is C10H13N3O3. The number of carbonyl (C=O) groups is 2. The quantitative estimate of drug-likeness (QED) is 0.734. The highest BCUT2D eigenvalue weighted by Gasteiger charge is 2.16. The molecule has 6 heteroatoms. The molecule has 0 aliphatic carbocycles. The van der Waals surface area contributed by atoms with E-state index in [9.17, 15) is 14.7 Å². The number of rotatable bonds is 4. The van der Waals surface area contributed by atoms with Gasteiger partial charge in [0.15, 0.2) is 0 Å². The molecule has 16 heavy (non-hydrogen) atoms. The van der Waals surface area contributed by atoms with Crippen molar-refractivity contribution in [3.05, 3.63) is 24.0 Å². The van der Waals surface area contributed by atoms with Gasteiger partial charge in [0, 0.05) is 12.7 Å². The average Bonchev–Trinajstić information content (AvgIpc) is 2.24. The monoisotopic (exact) mass is 223 g/mol. The van der Waals surface area contributed by atoms with E-state index in [0.717, 1.165) is 0 Å². The summed E-state index contributed by atoms with van der Waals surface area (Å²) in [6.45, 7) is 1.94. The molecule has 1 heterocycles. The van der Waals surface area contributed by atoms with Crippen molar-refractivity contribution < 1.29 is 14.7 Å². The van der Waals surface area contributed by atoms with Gasteiger partial charge in [0.05, 0.1) is 18.3 Å². The second-order valence-corrected chi connectivity index (χ2v) is 3.22. The highest BCUT2D eigenvalue weighted by Crippen LogP contribution is 2.10. The normalized spacial score (nSPS) is 9.81. The molecule has 0 bridgehead atoms. The minimum Gasteiger partial charge on any atom is -0.506 e. The molecule has 1 aromatic heterocycles. The van der Waals surface area contributed by atoms with Gasteiger partial charge in [0.1, 0.15) is 5.75 Å². The van der Waals surface area contributed by atoms with Crippen molar-refractivity contribution in [3.63, 3.8) is 0 Å². The van der Waals surface area contributed by atoms with E-state index in [-0.39, 0.29) is 23.8 Å². The van der Waals surface area contributed by atoms with Crippen molar-refractivity contribution in [2.24, 2.45) is 5.73 Å². The highest BCUT2D eigenvalue weighted by molar-refractivity contribution is 5.96. The lowest BCUT2D eigenvalue weighted by Crippen LogP contribution is -2.38. The van der Waals surface area contributed by atoms with E-state index in [1.54, 1.807) is 6.92 Å². The Morgan fingerprint density at radius 3 is 2.69 bits per heavy atom. The predicted molar refractivity (Wildman–Crippen MR) is 56.7 cm³/mol. The third-order valence-corrected chi connectivity index (χ3v) is 1.99. The summed E-state index contributed by atoms with van der Waals surface area (Å²) in [4.78, 5) is 27.5. The molecule has 0 aliphatic rings. The van der Waals surface area contributed by atoms with Gasteiger partial charge in [-0.3, -0.25) is 14.6 Å². The first kappa shape index (κ1) is 12.0. The second kappa shape index (κ2) is 5.11. The molecule has 1 rings (SSSR count). The maximum absolute atomic E-state index is 11.8. The second-order valence-electron chi connectivity index (χ2n) is 3.22. The molecule has 1 aromatic rings. The van der Waals surface area contributed by atoms with Gasteiger partial charge in [0.2, 0.25) is 5.91 Å². The number of amides is 2. The Labute approximate surface area is 92.7 Å². The van der Waals surface area contributed by atoms with Crippen molar-refractivity contribution in [2.45, 2.75) is 6.92 Å². The summed E-state index contributed by atoms with van der Waals surface area (Å²) < 4.78 is 0. The Kier molecular flexibility index (Phi) is 3.82. The van der Waals surface area contributed by atoms with Gasteiger partial charge < -0.3 is 15.7 Å². The third kappa shape index (κ3) is 2.94. The largest absolute Gasteiger partial charge is 0.506 e. The lowest BCUT2D eigenvalue weighted by atomic mass is 10.2. The number of aromatic nitrogens is 1. The number of hydrogen-bond donors (Lipinski definition) is 2. The number of pyridine rings is 1. The van der Waals surface area contributed by atoms with Crippen LogP contribution in [0.3, 0.4) is 0 Å². The summed E-state index contributed by atoms with van der Waals surface area (Å²) in [7, 11) is 0. The summed E-state index contributed by atoms with van der Waals surface area (Å²) in [5.41, 5.74) is 5.24. The van der Waals surface area contributed by atoms with Crippen LogP contribution in [0.15, 0.2) is 18.5 Å². The van der Waals surface area contributed by atoms with Gasteiger partial charge in [-0.05, 0) is 13.0 Å². The standard InChI is InChI=1S/C10H13N3O3/c1-2-13(6-9(11)15)10(16)7-3-8(14)5-12-4-7/h3-5,14H,2,6H2,1H3,(H2,11,15). The van der Waals surface area contributed by atoms with Gasteiger partial charge in [-0.2, -0.15) is 0 Å². The van der Waals surface area contributed by atoms with E-state index in [1.165, 1.54) is 23.4 Å². The van der Waals surface area contributed by atoms with Crippen molar-refractivity contribution in [2.75, 3.05) is 13.1 Å². The van der Waals surface area contributed by atoms with Crippen LogP contribution in [0.1, 0.15) is 17.3 Å². The van der Waals surface area contributed by atoms with Crippen LogP contribution in [0.4, 0.5) is 0 Å². The van der Waals surface area contributed by atoms with Crippen LogP contribution in [0, 0.1) is 0 Å². The number of primary amides is 1. The van der Waals surface area contributed by atoms with Crippen LogP contribution in [-0.2, 0) is 4.79 Å². The van der Waals surface area contributed by atoms with Gasteiger partial charge in [0.25, 0.3) is 5.91 Å². The molecule has 2 amide bonds. The third-order valence-electron chi connectivity index (χ3n) is 1.99. The van der Waals surface area contributed by atoms with E-state index in [1.807, 2.05) is 0 Å². The molecule has 0 fully saturated rings. The number of aromatic hydroxyl groups is 1. The van der Waals surface area contributed by atoms with Crippen molar-refractivity contribution in [3.8, 4) is 5.75 Å². The minimum atomic E-state index is -0.580. The molecular weight excluding hydrogens is 210 g/mol. The molecule has 0 aromatic carbocycles. The van der Waals surface area contributed by atoms with E-state index in [4.69, 9.17) is 5.73 Å². The topological polar surface area (TPSA) is 96.5 Å². The Bertz CT molecular complexity index is 406. The van der Waals surface area contributed by atoms with Crippen molar-refractivity contribution >= 4 is 11.8 Å². The van der Waals surface area contributed by atoms with E-state index < -0.39 is 5.91 Å². The molecule has 0 aliphatic heterocycles. The fraction of sp³-hybridized carbons (Fsp3) is 0.300. The minimum absolute atomic E-state index is 0.0963. The van der Waals surface area contributed by atoms with Crippen LogP contribution < -0.4 is 5.73 Å². The average molecular weight is 223 g/mol. The number of nitrogens with two attached hydrogens (primary N) is 1. The highest BCUT2D eigenvalue weighted by atomic mass is 16.3. The molecule has 0 radical (unpaired) electrons. The summed E-state index contributed by atoms with van der Waals surface area (Å²) in [6.07, 6.45) is 2.55. The fourth-order valence-electron chi connectivity index (χ4n) is 1.24. The zero-order chi connectivity index (χ0) is 12.1. The summed E-state index contributed by atoms with van der Waals surface area (Å²) in [5, 5.41) is 9.17. The Morgan fingerprint density at radius 2 is 2.19 bits per heavy atom. The van der Waals surface area contributed by atoms with Gasteiger partial charge in [-0.1, -0.05) is 0 Å². The molecule has 0 unspecified atom stereocenters. The van der Waals surface area contributed by atoms with Gasteiger partial charge in [-0.15, -0.1) is 0 Å². The summed E-state index contributed by atoms with van der Waals surface area (Å²) in [5.74, 6) is -1.06. The van der Waals surface area contributed by atoms with Crippen LogP contribution in [0.25, 0.3) is 0 Å². The molecule has 6 nitrogen and oxygen atoms in total. The van der Waals surface area contributed by atoms with Gasteiger partial charge in [-0.25, -0.2) is 0 Å². The zero-order valence-corrected chi connectivity index (χ0v) is 8.88. The first-order valence-corrected chi connectivity index (χ1v) is 4.76. The van der Waals surface area contributed by atoms with E-state index in [2.05, 4.69) is 4.98 Å². The first-order valence-electron chi connectivity index (χ1n) is 4.76. The van der Waals surface area contributed by atoms with Crippen LogP contribution in [-0.4, -0.2) is 39.9 Å². The van der Waals surface area contributed by atoms with Gasteiger partial charge >= 0.3 is 0 Å². The number of nitrogens with zero attached hydrogens (tertiary/aromatic N) is 2. The molecule has 86 valence electrons. The smallest absolute Gasteiger partial charge is 0.256 e. The summed E-state index contributed by atoms with van der Waals surface area (Å²) >= 11 is 0. The van der Waals surface area contributed by atoms with Crippen LogP contribution in [0.5, 0.6) is 5.75 Å². The Hall–Kier alpha value is -2.11. The first-order chi connectivity index (χ1) is 7.54. The SMILES string of the molecule is CCN(CC(N)=O)C(=O)c1cncc(O)c1. The van der Waals surface area contributed by atoms with Crippen molar-refractivity contribution in [1.29, 1.82) is 0 Å². The van der Waals surface area contributed by atoms with E-state index >= 15 is 0 Å². The number of likely N-dealkylation sites (N-methyl/N-ethyl adjacent to an activating group) is 1. The lowest BCUT2D eigenvalue weighted by Gasteiger charge is -2.18. The lowest BCUT2D eigenvalue weighted by molar-refractivity contribution is -0.118. The van der Waals surface area contributed by atoms with E-state index in [0.29, 0.717) is 6.54 Å². The molecule has 0 saturated carbocycles. The predicted octanol–water partition coefficient (Wildman–Crippen LogP) is -0.265. The molecule has 3 N–H and O–H groups in total. The van der Waals surface area contributed by atoms with Crippen LogP contribution in [0.2, 0.25) is 0 Å². The summed E-state index contributed by atoms with van der Waals surface area (Å²) in [6, 6.07) is 1.29. The zero-order valence-electron chi connectivity index (χ0n) is 8.88. The Balaban J connectivity index is 2.86. The van der Waals surface area contributed by atoms with Crippen molar-refractivity contribution in [1.82, 2.24) is 9.88 Å². The molecule has 0 saturated heterocycles. The maximum atomic E-state index is 11.8.